The Balaban J connectivity index is 1.44. The highest BCUT2D eigenvalue weighted by molar-refractivity contribution is 5.97. The van der Waals surface area contributed by atoms with Crippen molar-refractivity contribution in [1.82, 2.24) is 34.2 Å². The molecule has 4 aromatic heterocycles. The molecule has 2 amide bonds. The highest BCUT2D eigenvalue weighted by Crippen LogP contribution is 2.32. The van der Waals surface area contributed by atoms with Gasteiger partial charge in [-0.25, -0.2) is 14.3 Å². The molecule has 4 aromatic rings. The van der Waals surface area contributed by atoms with Gasteiger partial charge in [0.25, 0.3) is 0 Å². The summed E-state index contributed by atoms with van der Waals surface area (Å²) in [4.78, 5) is 27.4. The van der Waals surface area contributed by atoms with Crippen molar-refractivity contribution in [3.8, 4) is 22.3 Å². The number of carbonyl (C=O) groups excluding carboxylic acids is 1. The first-order valence-electron chi connectivity index (χ1n) is 12.1. The highest BCUT2D eigenvalue weighted by atomic mass is 16.2. The van der Waals surface area contributed by atoms with Gasteiger partial charge in [-0.1, -0.05) is 0 Å². The first kappa shape index (κ1) is 23.5. The molecule has 0 spiro atoms. The van der Waals surface area contributed by atoms with E-state index in [0.29, 0.717) is 19.6 Å². The van der Waals surface area contributed by atoms with Crippen molar-refractivity contribution in [3.63, 3.8) is 0 Å². The van der Waals surface area contributed by atoms with E-state index in [1.807, 2.05) is 67.6 Å². The van der Waals surface area contributed by atoms with Crippen molar-refractivity contribution in [2.75, 3.05) is 51.7 Å². The normalized spacial score (nSPS) is 14.2. The lowest BCUT2D eigenvalue weighted by molar-refractivity contribution is 0.161. The summed E-state index contributed by atoms with van der Waals surface area (Å²) < 4.78 is 3.69. The number of fused-ring (bicyclic) bond motifs is 1. The Labute approximate surface area is 210 Å². The van der Waals surface area contributed by atoms with Crippen molar-refractivity contribution in [2.24, 2.45) is 12.0 Å². The Bertz CT molecular complexity index is 1390. The Morgan fingerprint density at radius 2 is 1.86 bits per heavy atom. The Morgan fingerprint density at radius 3 is 2.50 bits per heavy atom. The van der Waals surface area contributed by atoms with Crippen LogP contribution in [0.15, 0.2) is 54.2 Å². The van der Waals surface area contributed by atoms with Gasteiger partial charge in [0.2, 0.25) is 0 Å². The maximum Gasteiger partial charge on any atom is 0.319 e. The summed E-state index contributed by atoms with van der Waals surface area (Å²) in [5, 5.41) is 8.91. The number of urea groups is 1. The van der Waals surface area contributed by atoms with Gasteiger partial charge in [0.15, 0.2) is 0 Å². The maximum absolute atomic E-state index is 12.5. The quantitative estimate of drug-likeness (QED) is 0.406. The van der Waals surface area contributed by atoms with Crippen LogP contribution >= 0.6 is 0 Å². The van der Waals surface area contributed by atoms with Crippen LogP contribution in [0, 0.1) is 0 Å². The molecule has 1 saturated heterocycles. The summed E-state index contributed by atoms with van der Waals surface area (Å²) >= 11 is 0. The van der Waals surface area contributed by atoms with Gasteiger partial charge in [0.1, 0.15) is 5.82 Å². The number of anilines is 1. The number of hydrogen-bond acceptors (Lipinski definition) is 6. The zero-order valence-corrected chi connectivity index (χ0v) is 21.2. The molecule has 0 aliphatic carbocycles. The standard InChI is InChI=1S/C26H31N9O/c1-5-31(3)26(36)34-10-8-33(9-11-34)24-7-6-19(14-28-24)23-12-20(22-16-29-32(4)17-22)18-35-25(23)21(13-27-2)15-30-35/h6-7,12-18H,5,8-11H2,1-4H3. The number of amides is 2. The van der Waals surface area contributed by atoms with Crippen LogP contribution in [-0.2, 0) is 7.05 Å². The van der Waals surface area contributed by atoms with Crippen molar-refractivity contribution in [2.45, 2.75) is 6.92 Å². The summed E-state index contributed by atoms with van der Waals surface area (Å²) in [5.74, 6) is 0.915. The molecule has 1 aliphatic rings. The third kappa shape index (κ3) is 4.41. The van der Waals surface area contributed by atoms with Crippen molar-refractivity contribution in [1.29, 1.82) is 0 Å². The van der Waals surface area contributed by atoms with E-state index in [9.17, 15) is 4.79 Å². The largest absolute Gasteiger partial charge is 0.353 e. The lowest BCUT2D eigenvalue weighted by Gasteiger charge is -2.37. The third-order valence-electron chi connectivity index (χ3n) is 6.68. The Morgan fingerprint density at radius 1 is 1.06 bits per heavy atom. The number of aryl methyl sites for hydroxylation is 1. The molecule has 1 fully saturated rings. The van der Waals surface area contributed by atoms with E-state index in [1.165, 1.54) is 0 Å². The molecule has 5 heterocycles. The van der Waals surface area contributed by atoms with Crippen LogP contribution < -0.4 is 4.90 Å². The van der Waals surface area contributed by atoms with Gasteiger partial charge in [-0.05, 0) is 25.1 Å². The van der Waals surface area contributed by atoms with E-state index in [4.69, 9.17) is 4.98 Å². The molecule has 10 nitrogen and oxygen atoms in total. The summed E-state index contributed by atoms with van der Waals surface area (Å²) in [7, 11) is 5.51. The first-order valence-corrected chi connectivity index (χ1v) is 12.1. The van der Waals surface area contributed by atoms with Crippen LogP contribution in [0.1, 0.15) is 12.5 Å². The molecule has 1 aliphatic heterocycles. The molecule has 0 atom stereocenters. The minimum absolute atomic E-state index is 0.0882. The van der Waals surface area contributed by atoms with Crippen LogP contribution in [0.4, 0.5) is 10.6 Å². The molecule has 0 aromatic carbocycles. The fourth-order valence-electron chi connectivity index (χ4n) is 4.56. The van der Waals surface area contributed by atoms with Crippen molar-refractivity contribution in [3.05, 3.63) is 54.7 Å². The molecule has 186 valence electrons. The predicted octanol–water partition coefficient (Wildman–Crippen LogP) is 3.04. The van der Waals surface area contributed by atoms with E-state index < -0.39 is 0 Å². The average Bonchev–Trinajstić information content (AvgIpc) is 3.54. The number of piperazine rings is 1. The van der Waals surface area contributed by atoms with Crippen LogP contribution in [0.3, 0.4) is 0 Å². The van der Waals surface area contributed by atoms with Gasteiger partial charge in [0.05, 0.1) is 17.9 Å². The smallest absolute Gasteiger partial charge is 0.319 e. The SMILES string of the molecule is CCN(C)C(=O)N1CCN(c2ccc(-c3cc(-c4cnn(C)c4)cn4ncc(C=NC)c34)cn2)CC1. The molecular weight excluding hydrogens is 454 g/mol. The number of aromatic nitrogens is 5. The second-order valence-corrected chi connectivity index (χ2v) is 9.00. The lowest BCUT2D eigenvalue weighted by Crippen LogP contribution is -2.52. The van der Waals surface area contributed by atoms with Gasteiger partial charge in [-0.2, -0.15) is 10.2 Å². The summed E-state index contributed by atoms with van der Waals surface area (Å²) in [6, 6.07) is 6.41. The average molecular weight is 486 g/mol. The number of nitrogens with zero attached hydrogens (tertiary/aromatic N) is 9. The number of carbonyl (C=O) groups is 1. The molecule has 10 heteroatoms. The van der Waals surface area contributed by atoms with Gasteiger partial charge in [-0.3, -0.25) is 9.67 Å². The number of pyridine rings is 2. The summed E-state index contributed by atoms with van der Waals surface area (Å²) in [6.45, 7) is 5.60. The molecule has 5 rings (SSSR count). The predicted molar refractivity (Wildman–Crippen MR) is 142 cm³/mol. The van der Waals surface area contributed by atoms with Crippen LogP contribution in [0.25, 0.3) is 27.8 Å². The third-order valence-corrected chi connectivity index (χ3v) is 6.68. The van der Waals surface area contributed by atoms with Crippen molar-refractivity contribution < 1.29 is 4.79 Å². The second kappa shape index (κ2) is 9.80. The second-order valence-electron chi connectivity index (χ2n) is 9.00. The van der Waals surface area contributed by atoms with E-state index >= 15 is 0 Å². The number of hydrogen-bond donors (Lipinski definition) is 0. The van der Waals surface area contributed by atoms with Crippen LogP contribution in [0.2, 0.25) is 0 Å². The zero-order chi connectivity index (χ0) is 25.2. The number of aliphatic imine (C=N–C) groups is 1. The van der Waals surface area contributed by atoms with E-state index in [2.05, 4.69) is 38.3 Å². The molecule has 0 N–H and O–H groups in total. The molecule has 0 saturated carbocycles. The topological polar surface area (TPSA) is 87.2 Å². The van der Waals surface area contributed by atoms with Crippen LogP contribution in [-0.4, -0.2) is 93.2 Å². The van der Waals surface area contributed by atoms with Gasteiger partial charge in [-0.15, -0.1) is 0 Å². The summed E-state index contributed by atoms with van der Waals surface area (Å²) in [6.07, 6.45) is 11.4. The highest BCUT2D eigenvalue weighted by Gasteiger charge is 2.24. The van der Waals surface area contributed by atoms with Crippen molar-refractivity contribution >= 4 is 23.6 Å². The Kier molecular flexibility index (Phi) is 6.41. The van der Waals surface area contributed by atoms with E-state index in [0.717, 1.165) is 52.2 Å². The monoisotopic (exact) mass is 485 g/mol. The molecular formula is C26H31N9O. The zero-order valence-electron chi connectivity index (χ0n) is 21.2. The number of rotatable bonds is 5. The maximum atomic E-state index is 12.5. The minimum atomic E-state index is 0.0882. The summed E-state index contributed by atoms with van der Waals surface area (Å²) in [5.41, 5.74) is 6.00. The van der Waals surface area contributed by atoms with Gasteiger partial charge in [0, 0.05) is 106 Å². The van der Waals surface area contributed by atoms with Gasteiger partial charge >= 0.3 is 6.03 Å². The lowest BCUT2D eigenvalue weighted by atomic mass is 10.0. The molecule has 0 bridgehead atoms. The van der Waals surface area contributed by atoms with E-state index in [1.54, 1.807) is 16.6 Å². The Hall–Kier alpha value is -4.21. The fourth-order valence-corrected chi connectivity index (χ4v) is 4.56. The molecule has 0 unspecified atom stereocenters. The molecule has 36 heavy (non-hydrogen) atoms. The van der Waals surface area contributed by atoms with Crippen LogP contribution in [0.5, 0.6) is 0 Å². The van der Waals surface area contributed by atoms with Gasteiger partial charge < -0.3 is 14.7 Å². The fraction of sp³-hybridized carbons (Fsp3) is 0.346. The van der Waals surface area contributed by atoms with E-state index in [-0.39, 0.29) is 6.03 Å². The molecule has 0 radical (unpaired) electrons. The minimum Gasteiger partial charge on any atom is -0.353 e. The first-order chi connectivity index (χ1) is 17.5.